The van der Waals surface area contributed by atoms with Crippen LogP contribution in [-0.4, -0.2) is 31.5 Å². The molecule has 6 nitrogen and oxygen atoms in total. The van der Waals surface area contributed by atoms with Crippen LogP contribution < -0.4 is 9.46 Å². The Morgan fingerprint density at radius 3 is 2.58 bits per heavy atom. The standard InChI is InChI=1S/C23H26ClNO5S/c1-15(18-9-7-6-8-10-18)11-20(16(2)28-3)25-31(27)21-13-17(14-22(26)29-4)12-19(24)23(21)30-5/h6-7,9,11-13,25H,1-2,8,10,14H2,3-5H3/b20-11+. The molecule has 31 heavy (non-hydrogen) atoms. The van der Waals surface area contributed by atoms with Crippen molar-refractivity contribution in [2.75, 3.05) is 21.3 Å². The number of carbonyl (C=O) groups is 1. The van der Waals surface area contributed by atoms with E-state index in [2.05, 4.69) is 24.0 Å². The summed E-state index contributed by atoms with van der Waals surface area (Å²) in [7, 11) is 2.40. The van der Waals surface area contributed by atoms with Crippen LogP contribution in [0.4, 0.5) is 0 Å². The largest absolute Gasteiger partial charge is 0.495 e. The number of halogens is 1. The van der Waals surface area contributed by atoms with Gasteiger partial charge in [-0.05, 0) is 47.8 Å². The molecule has 0 aromatic heterocycles. The summed E-state index contributed by atoms with van der Waals surface area (Å²) in [6, 6.07) is 3.16. The summed E-state index contributed by atoms with van der Waals surface area (Å²) in [6.45, 7) is 7.97. The van der Waals surface area contributed by atoms with Crippen LogP contribution in [0, 0.1) is 0 Å². The van der Waals surface area contributed by atoms with Crippen LogP contribution in [0.3, 0.4) is 0 Å². The van der Waals surface area contributed by atoms with Gasteiger partial charge in [-0.1, -0.05) is 43.0 Å². The lowest BCUT2D eigenvalue weighted by Gasteiger charge is -2.17. The van der Waals surface area contributed by atoms with Crippen molar-refractivity contribution in [1.29, 1.82) is 0 Å². The van der Waals surface area contributed by atoms with E-state index >= 15 is 0 Å². The second kappa shape index (κ2) is 11.6. The van der Waals surface area contributed by atoms with Gasteiger partial charge in [-0.25, -0.2) is 4.21 Å². The maximum atomic E-state index is 13.2. The van der Waals surface area contributed by atoms with E-state index in [9.17, 15) is 9.00 Å². The summed E-state index contributed by atoms with van der Waals surface area (Å²) < 4.78 is 31.4. The van der Waals surface area contributed by atoms with Gasteiger partial charge in [-0.2, -0.15) is 0 Å². The van der Waals surface area contributed by atoms with Crippen LogP contribution >= 0.6 is 11.6 Å². The molecule has 1 aliphatic carbocycles. The summed E-state index contributed by atoms with van der Waals surface area (Å²) in [5.74, 6) is 0.0880. The first-order chi connectivity index (χ1) is 14.8. The lowest BCUT2D eigenvalue weighted by atomic mass is 9.98. The molecule has 0 saturated carbocycles. The van der Waals surface area contributed by atoms with Crippen molar-refractivity contribution < 1.29 is 23.2 Å². The zero-order chi connectivity index (χ0) is 23.0. The normalized spacial score (nSPS) is 14.3. The minimum Gasteiger partial charge on any atom is -0.495 e. The van der Waals surface area contributed by atoms with Gasteiger partial charge < -0.3 is 14.2 Å². The number of hydrogen-bond acceptors (Lipinski definition) is 5. The van der Waals surface area contributed by atoms with E-state index in [-0.39, 0.29) is 27.8 Å². The van der Waals surface area contributed by atoms with Gasteiger partial charge in [0.25, 0.3) is 0 Å². The first-order valence-electron chi connectivity index (χ1n) is 9.42. The number of carbonyl (C=O) groups excluding carboxylic acids is 1. The lowest BCUT2D eigenvalue weighted by Crippen LogP contribution is -2.20. The third-order valence-electron chi connectivity index (χ3n) is 4.54. The summed E-state index contributed by atoms with van der Waals surface area (Å²) in [6.07, 6.45) is 9.57. The molecule has 0 fully saturated rings. The molecule has 166 valence electrons. The highest BCUT2D eigenvalue weighted by atomic mass is 35.5. The monoisotopic (exact) mass is 463 g/mol. The smallest absolute Gasteiger partial charge is 0.309 e. The Morgan fingerprint density at radius 1 is 1.26 bits per heavy atom. The van der Waals surface area contributed by atoms with Crippen molar-refractivity contribution >= 4 is 28.6 Å². The average Bonchev–Trinajstić information content (AvgIpc) is 2.77. The fraction of sp³-hybridized carbons (Fsp3) is 0.261. The number of hydrogen-bond donors (Lipinski definition) is 1. The number of nitrogens with one attached hydrogen (secondary N) is 1. The molecule has 1 atom stereocenters. The SMILES string of the molecule is C=C(/C=C(/NS(=O)c1cc(CC(=O)OC)cc(Cl)c1OC)C(=C)OC)C1=CC=CCC1. The van der Waals surface area contributed by atoms with E-state index in [0.29, 0.717) is 11.3 Å². The van der Waals surface area contributed by atoms with Gasteiger partial charge in [0.15, 0.2) is 16.7 Å². The Hall–Kier alpha value is -2.77. The van der Waals surface area contributed by atoms with Crippen molar-refractivity contribution in [1.82, 2.24) is 4.72 Å². The molecule has 0 radical (unpaired) electrons. The molecule has 1 aromatic carbocycles. The van der Waals surface area contributed by atoms with E-state index in [0.717, 1.165) is 24.0 Å². The lowest BCUT2D eigenvalue weighted by molar-refractivity contribution is -0.139. The second-order valence-electron chi connectivity index (χ2n) is 6.60. The van der Waals surface area contributed by atoms with E-state index in [1.807, 2.05) is 12.2 Å². The number of benzene rings is 1. The quantitative estimate of drug-likeness (QED) is 0.313. The Bertz CT molecular complexity index is 994. The second-order valence-corrected chi connectivity index (χ2v) is 8.19. The number of rotatable bonds is 10. The van der Waals surface area contributed by atoms with Crippen molar-refractivity contribution in [3.05, 3.63) is 82.8 Å². The van der Waals surface area contributed by atoms with Gasteiger partial charge in [-0.3, -0.25) is 9.52 Å². The summed E-state index contributed by atoms with van der Waals surface area (Å²) in [4.78, 5) is 11.9. The van der Waals surface area contributed by atoms with E-state index in [1.54, 1.807) is 18.2 Å². The highest BCUT2D eigenvalue weighted by Gasteiger charge is 2.19. The van der Waals surface area contributed by atoms with Gasteiger partial charge in [0.1, 0.15) is 10.7 Å². The molecule has 0 saturated heterocycles. The molecule has 0 bridgehead atoms. The maximum Gasteiger partial charge on any atom is 0.309 e. The predicted octanol–water partition coefficient (Wildman–Crippen LogP) is 4.55. The van der Waals surface area contributed by atoms with Crippen LogP contribution in [0.15, 0.2) is 77.1 Å². The van der Waals surface area contributed by atoms with Crippen LogP contribution in [0.25, 0.3) is 0 Å². The van der Waals surface area contributed by atoms with Crippen molar-refractivity contribution in [3.63, 3.8) is 0 Å². The first kappa shape index (κ1) is 24.5. The Balaban J connectivity index is 2.38. The summed E-state index contributed by atoms with van der Waals surface area (Å²) in [5, 5.41) is 0.230. The van der Waals surface area contributed by atoms with Gasteiger partial charge in [0.05, 0.1) is 38.5 Å². The van der Waals surface area contributed by atoms with Crippen LogP contribution in [0.5, 0.6) is 5.75 Å². The molecule has 1 unspecified atom stereocenters. The molecule has 0 aliphatic heterocycles. The number of ether oxygens (including phenoxy) is 3. The van der Waals surface area contributed by atoms with Crippen molar-refractivity contribution in [2.24, 2.45) is 0 Å². The summed E-state index contributed by atoms with van der Waals surface area (Å²) in [5.41, 5.74) is 2.77. The van der Waals surface area contributed by atoms with E-state index in [4.69, 9.17) is 25.8 Å². The molecule has 0 spiro atoms. The number of methoxy groups -OCH3 is 3. The van der Waals surface area contributed by atoms with Gasteiger partial charge >= 0.3 is 5.97 Å². The van der Waals surface area contributed by atoms with Gasteiger partial charge in [0, 0.05) is 0 Å². The average molecular weight is 464 g/mol. The number of esters is 1. The molecule has 1 aromatic rings. The minimum absolute atomic E-state index is 0.0175. The molecular weight excluding hydrogens is 438 g/mol. The fourth-order valence-electron chi connectivity index (χ4n) is 2.87. The van der Waals surface area contributed by atoms with E-state index < -0.39 is 17.0 Å². The number of allylic oxidation sites excluding steroid dienone is 6. The molecule has 2 rings (SSSR count). The van der Waals surface area contributed by atoms with Crippen molar-refractivity contribution in [2.45, 2.75) is 24.2 Å². The molecule has 0 heterocycles. The topological polar surface area (TPSA) is 73.9 Å². The third kappa shape index (κ3) is 6.60. The maximum absolute atomic E-state index is 13.2. The fourth-order valence-corrected chi connectivity index (χ4v) is 4.34. The van der Waals surface area contributed by atoms with E-state index in [1.165, 1.54) is 21.3 Å². The van der Waals surface area contributed by atoms with Crippen LogP contribution in [0.2, 0.25) is 5.02 Å². The van der Waals surface area contributed by atoms with Crippen molar-refractivity contribution in [3.8, 4) is 5.75 Å². The highest BCUT2D eigenvalue weighted by molar-refractivity contribution is 7.83. The van der Waals surface area contributed by atoms with Crippen LogP contribution in [0.1, 0.15) is 18.4 Å². The minimum atomic E-state index is -1.80. The zero-order valence-electron chi connectivity index (χ0n) is 17.8. The molecule has 8 heteroatoms. The predicted molar refractivity (Wildman–Crippen MR) is 123 cm³/mol. The van der Waals surface area contributed by atoms with Gasteiger partial charge in [-0.15, -0.1) is 0 Å². The van der Waals surface area contributed by atoms with Gasteiger partial charge in [0.2, 0.25) is 0 Å². The Kier molecular flexibility index (Phi) is 9.15. The Morgan fingerprint density at radius 2 is 2.00 bits per heavy atom. The first-order valence-corrected chi connectivity index (χ1v) is 10.9. The van der Waals surface area contributed by atoms with Crippen LogP contribution in [-0.2, 0) is 31.7 Å². The Labute approximate surface area is 190 Å². The molecule has 1 aliphatic rings. The zero-order valence-corrected chi connectivity index (χ0v) is 19.4. The summed E-state index contributed by atoms with van der Waals surface area (Å²) >= 11 is 6.29. The molecule has 0 amide bonds. The highest BCUT2D eigenvalue weighted by Crippen LogP contribution is 2.33. The molecular formula is C23H26ClNO5S. The third-order valence-corrected chi connectivity index (χ3v) is 5.93. The molecule has 1 N–H and O–H groups in total.